The number of ether oxygens (including phenoxy) is 1. The maximum Gasteiger partial charge on any atom is 0.167 e. The van der Waals surface area contributed by atoms with Crippen molar-refractivity contribution in [1.29, 1.82) is 0 Å². The third-order valence-electron chi connectivity index (χ3n) is 7.27. The van der Waals surface area contributed by atoms with Crippen LogP contribution in [0.15, 0.2) is 60.9 Å². The minimum Gasteiger partial charge on any atom is -0.493 e. The molecule has 1 saturated heterocycles. The highest BCUT2D eigenvalue weighted by molar-refractivity contribution is 5.84. The van der Waals surface area contributed by atoms with Crippen LogP contribution >= 0.6 is 0 Å². The van der Waals surface area contributed by atoms with Crippen molar-refractivity contribution in [2.24, 2.45) is 0 Å². The fraction of sp³-hybridized carbons (Fsp3) is 0.345. The number of hydrazine groups is 1. The molecule has 3 aliphatic heterocycles. The van der Waals surface area contributed by atoms with Crippen LogP contribution in [0.4, 0.5) is 11.6 Å². The van der Waals surface area contributed by atoms with Crippen molar-refractivity contribution in [3.8, 4) is 22.8 Å². The smallest absolute Gasteiger partial charge is 0.167 e. The van der Waals surface area contributed by atoms with Crippen LogP contribution in [0.1, 0.15) is 25.3 Å². The number of rotatable bonds is 5. The molecule has 3 aromatic heterocycles. The minimum absolute atomic E-state index is 0.368. The third kappa shape index (κ3) is 4.82. The van der Waals surface area contributed by atoms with E-state index >= 15 is 0 Å². The number of aromatic nitrogens is 4. The van der Waals surface area contributed by atoms with Crippen LogP contribution in [0.25, 0.3) is 28.2 Å². The van der Waals surface area contributed by atoms with E-state index in [2.05, 4.69) is 49.5 Å². The maximum absolute atomic E-state index is 6.30. The Hall–Kier alpha value is -3.99. The third-order valence-corrected chi connectivity index (χ3v) is 7.27. The van der Waals surface area contributed by atoms with Gasteiger partial charge in [0, 0.05) is 69.2 Å². The number of fused-ring (bicyclic) bond motifs is 2. The molecule has 4 aromatic rings. The van der Waals surface area contributed by atoms with Crippen LogP contribution in [0.3, 0.4) is 0 Å². The summed E-state index contributed by atoms with van der Waals surface area (Å²) in [7, 11) is 0. The quantitative estimate of drug-likeness (QED) is 0.362. The highest BCUT2D eigenvalue weighted by atomic mass is 16.5. The lowest BCUT2D eigenvalue weighted by Crippen LogP contribution is -2.45. The fourth-order valence-electron chi connectivity index (χ4n) is 5.39. The van der Waals surface area contributed by atoms with Crippen LogP contribution in [0.2, 0.25) is 0 Å². The van der Waals surface area contributed by atoms with E-state index in [0.29, 0.717) is 24.2 Å². The van der Waals surface area contributed by atoms with Gasteiger partial charge in [-0.3, -0.25) is 9.58 Å². The average molecular weight is 526 g/mol. The lowest BCUT2D eigenvalue weighted by molar-refractivity contribution is 0.211. The van der Waals surface area contributed by atoms with Gasteiger partial charge in [-0.2, -0.15) is 0 Å². The van der Waals surface area contributed by atoms with Crippen molar-refractivity contribution in [3.63, 3.8) is 0 Å². The van der Waals surface area contributed by atoms with Crippen LogP contribution in [-0.2, 0) is 0 Å². The van der Waals surface area contributed by atoms with E-state index in [0.717, 1.165) is 73.3 Å². The molecule has 3 aliphatic rings. The summed E-state index contributed by atoms with van der Waals surface area (Å²) in [6.45, 7) is 10.7. The van der Waals surface area contributed by atoms with Gasteiger partial charge in [0.1, 0.15) is 22.9 Å². The van der Waals surface area contributed by atoms with Gasteiger partial charge in [-0.1, -0.05) is 26.0 Å². The van der Waals surface area contributed by atoms with Crippen molar-refractivity contribution in [1.82, 2.24) is 35.2 Å². The maximum atomic E-state index is 6.30. The van der Waals surface area contributed by atoms with E-state index in [1.165, 1.54) is 5.56 Å². The number of nitrogens with one attached hydrogen (secondary N) is 2. The number of piperazine rings is 1. The number of nitrogens with two attached hydrogens (primary N) is 1. The van der Waals surface area contributed by atoms with Crippen molar-refractivity contribution in [2.75, 3.05) is 56.6 Å². The molecule has 0 radical (unpaired) electrons. The minimum atomic E-state index is 0.368. The first-order valence-electron chi connectivity index (χ1n) is 13.7. The van der Waals surface area contributed by atoms with E-state index in [1.54, 1.807) is 6.20 Å². The molecule has 0 aliphatic carbocycles. The lowest BCUT2D eigenvalue weighted by Gasteiger charge is -2.29. The fourth-order valence-corrected chi connectivity index (χ4v) is 5.39. The number of hydrogen-bond acceptors (Lipinski definition) is 9. The summed E-state index contributed by atoms with van der Waals surface area (Å²) in [6.07, 6.45) is 5.73. The van der Waals surface area contributed by atoms with Crippen molar-refractivity contribution in [3.05, 3.63) is 66.5 Å². The Labute approximate surface area is 228 Å². The number of anilines is 2. The van der Waals surface area contributed by atoms with Gasteiger partial charge in [0.25, 0.3) is 0 Å². The first-order valence-corrected chi connectivity index (χ1v) is 13.7. The predicted molar refractivity (Wildman–Crippen MR) is 155 cm³/mol. The zero-order valence-electron chi connectivity index (χ0n) is 22.5. The number of imidazole rings is 1. The number of hydrogen-bond donors (Lipinski definition) is 3. The summed E-state index contributed by atoms with van der Waals surface area (Å²) < 4.78 is 8.27. The Balaban J connectivity index is 0.00000135. The van der Waals surface area contributed by atoms with E-state index in [9.17, 15) is 0 Å². The summed E-state index contributed by atoms with van der Waals surface area (Å²) >= 11 is 0. The van der Waals surface area contributed by atoms with Crippen LogP contribution < -0.4 is 26.2 Å². The first kappa shape index (κ1) is 25.3. The second-order valence-corrected chi connectivity index (χ2v) is 9.62. The van der Waals surface area contributed by atoms with E-state index in [1.807, 2.05) is 49.3 Å². The Morgan fingerprint density at radius 2 is 1.95 bits per heavy atom. The standard InChI is InChI=1S/C27H29N9O.C2H6/c28-25-21(3-1-8-30-25)26-32-22-6-7-24(35-12-2-9-31-35)33-27(22)36(26)19-4-5-20-18(17-37-23(20)15-19)16-34-13-10-29-11-14-34;1-2/h1-8,12,15,18,29,31H,9-11,13-14,16-17H2,(H2,28,30);1-2H3. The summed E-state index contributed by atoms with van der Waals surface area (Å²) in [5, 5.41) is 5.35. The van der Waals surface area contributed by atoms with Crippen molar-refractivity contribution in [2.45, 2.75) is 19.8 Å². The SMILES string of the molecule is CC.Nc1ncccc1-c1nc2ccc(N3C=CCN3)nc2n1-c1ccc2c(c1)OCC2CN1CCNCC1. The second kappa shape index (κ2) is 11.0. The molecular formula is C29H35N9O. The van der Waals surface area contributed by atoms with Crippen LogP contribution in [0.5, 0.6) is 5.75 Å². The van der Waals surface area contributed by atoms with Gasteiger partial charge >= 0.3 is 0 Å². The Morgan fingerprint density at radius 1 is 1.08 bits per heavy atom. The van der Waals surface area contributed by atoms with Gasteiger partial charge in [-0.05, 0) is 30.3 Å². The normalized spacial score (nSPS) is 18.6. The van der Waals surface area contributed by atoms with E-state index in [-0.39, 0.29) is 0 Å². The molecule has 0 bridgehead atoms. The molecule has 1 fully saturated rings. The number of pyridine rings is 2. The van der Waals surface area contributed by atoms with Gasteiger partial charge in [-0.15, -0.1) is 0 Å². The largest absolute Gasteiger partial charge is 0.493 e. The predicted octanol–water partition coefficient (Wildman–Crippen LogP) is 3.31. The number of benzene rings is 1. The second-order valence-electron chi connectivity index (χ2n) is 9.62. The molecule has 6 heterocycles. The molecule has 7 rings (SSSR count). The molecule has 0 amide bonds. The highest BCUT2D eigenvalue weighted by Gasteiger charge is 2.28. The Kier molecular flexibility index (Phi) is 7.14. The average Bonchev–Trinajstić information content (AvgIpc) is 3.74. The topological polar surface area (TPSA) is 109 Å². The molecule has 1 atom stereocenters. The summed E-state index contributed by atoms with van der Waals surface area (Å²) in [5.41, 5.74) is 14.1. The number of nitrogens with zero attached hydrogens (tertiary/aromatic N) is 6. The van der Waals surface area contributed by atoms with Gasteiger partial charge < -0.3 is 20.7 Å². The molecule has 4 N–H and O–H groups in total. The zero-order valence-corrected chi connectivity index (χ0v) is 22.5. The molecule has 10 nitrogen and oxygen atoms in total. The molecule has 0 spiro atoms. The molecule has 1 aromatic carbocycles. The van der Waals surface area contributed by atoms with Gasteiger partial charge in [-0.25, -0.2) is 20.4 Å². The van der Waals surface area contributed by atoms with Crippen molar-refractivity contribution >= 4 is 22.8 Å². The summed E-state index contributed by atoms with van der Waals surface area (Å²) in [4.78, 5) is 16.8. The highest BCUT2D eigenvalue weighted by Crippen LogP contribution is 2.38. The monoisotopic (exact) mass is 525 g/mol. The summed E-state index contributed by atoms with van der Waals surface area (Å²) in [5.74, 6) is 3.21. The van der Waals surface area contributed by atoms with E-state index in [4.69, 9.17) is 20.4 Å². The molecule has 1 unspecified atom stereocenters. The van der Waals surface area contributed by atoms with Gasteiger partial charge in [0.05, 0.1) is 17.9 Å². The molecule has 39 heavy (non-hydrogen) atoms. The van der Waals surface area contributed by atoms with Crippen LogP contribution in [0, 0.1) is 0 Å². The van der Waals surface area contributed by atoms with Gasteiger partial charge in [0.2, 0.25) is 0 Å². The molecule has 202 valence electrons. The Bertz CT molecular complexity index is 1490. The first-order chi connectivity index (χ1) is 19.2. The van der Waals surface area contributed by atoms with E-state index < -0.39 is 0 Å². The zero-order chi connectivity index (χ0) is 26.8. The molecule has 10 heteroatoms. The Morgan fingerprint density at radius 3 is 2.74 bits per heavy atom. The van der Waals surface area contributed by atoms with Gasteiger partial charge in [0.15, 0.2) is 11.5 Å². The molecule has 0 saturated carbocycles. The summed E-state index contributed by atoms with van der Waals surface area (Å²) in [6, 6.07) is 14.2. The lowest BCUT2D eigenvalue weighted by atomic mass is 10.00. The van der Waals surface area contributed by atoms with Crippen molar-refractivity contribution < 1.29 is 4.74 Å². The molecular weight excluding hydrogens is 490 g/mol. The number of nitrogen functional groups attached to an aromatic ring is 1. The van der Waals surface area contributed by atoms with Crippen LogP contribution in [-0.4, -0.2) is 70.3 Å².